The fraction of sp³-hybridized carbons (Fsp3) is 0.529. The van der Waals surface area contributed by atoms with Gasteiger partial charge in [-0.05, 0) is 25.3 Å². The number of cyclic esters (lactones) is 1. The van der Waals surface area contributed by atoms with Crippen molar-refractivity contribution in [3.05, 3.63) is 35.9 Å². The maximum atomic E-state index is 12.1. The Hall–Kier alpha value is -2.24. The molecular weight excluding hydrogens is 296 g/mol. The zero-order valence-electron chi connectivity index (χ0n) is 13.3. The highest BCUT2D eigenvalue weighted by atomic mass is 16.6. The molecule has 6 heteroatoms. The van der Waals surface area contributed by atoms with Gasteiger partial charge >= 0.3 is 12.2 Å². The zero-order valence-corrected chi connectivity index (χ0v) is 13.3. The maximum absolute atomic E-state index is 12.1. The van der Waals surface area contributed by atoms with Crippen LogP contribution in [-0.2, 0) is 16.1 Å². The predicted octanol–water partition coefficient (Wildman–Crippen LogP) is 2.63. The number of likely N-dealkylation sites (tertiary alicyclic amines) is 1. The lowest BCUT2D eigenvalue weighted by Gasteiger charge is -2.35. The lowest BCUT2D eigenvalue weighted by Crippen LogP contribution is -2.47. The van der Waals surface area contributed by atoms with E-state index in [0.29, 0.717) is 19.6 Å². The van der Waals surface area contributed by atoms with Crippen molar-refractivity contribution in [2.45, 2.75) is 38.5 Å². The number of carbonyl (C=O) groups is 2. The fourth-order valence-electron chi connectivity index (χ4n) is 3.10. The summed E-state index contributed by atoms with van der Waals surface area (Å²) in [5.41, 5.74) is 0.976. The summed E-state index contributed by atoms with van der Waals surface area (Å²) in [4.78, 5) is 27.4. The molecule has 2 saturated heterocycles. The van der Waals surface area contributed by atoms with Gasteiger partial charge in [0.1, 0.15) is 12.7 Å². The minimum Gasteiger partial charge on any atom is -0.445 e. The predicted molar refractivity (Wildman–Crippen MR) is 83.9 cm³/mol. The third-order valence-electron chi connectivity index (χ3n) is 4.36. The Morgan fingerprint density at radius 2 is 1.96 bits per heavy atom. The van der Waals surface area contributed by atoms with Crippen LogP contribution in [0.2, 0.25) is 0 Å². The number of amides is 2. The van der Waals surface area contributed by atoms with E-state index in [1.807, 2.05) is 37.3 Å². The number of carbonyl (C=O) groups excluding carboxylic acids is 2. The van der Waals surface area contributed by atoms with Crippen molar-refractivity contribution in [1.29, 1.82) is 0 Å². The first-order chi connectivity index (χ1) is 11.1. The minimum atomic E-state index is -0.287. The van der Waals surface area contributed by atoms with Crippen molar-refractivity contribution in [2.24, 2.45) is 0 Å². The van der Waals surface area contributed by atoms with Crippen LogP contribution in [0.4, 0.5) is 9.59 Å². The summed E-state index contributed by atoms with van der Waals surface area (Å²) in [6.45, 7) is 4.04. The Labute approximate surface area is 136 Å². The molecule has 1 atom stereocenters. The van der Waals surface area contributed by atoms with E-state index in [1.165, 1.54) is 0 Å². The van der Waals surface area contributed by atoms with Crippen LogP contribution in [-0.4, -0.2) is 53.8 Å². The Morgan fingerprint density at radius 1 is 1.26 bits per heavy atom. The molecule has 6 nitrogen and oxygen atoms in total. The molecule has 0 radical (unpaired) electrons. The van der Waals surface area contributed by atoms with E-state index in [4.69, 9.17) is 9.47 Å². The summed E-state index contributed by atoms with van der Waals surface area (Å²) >= 11 is 0. The van der Waals surface area contributed by atoms with E-state index >= 15 is 0 Å². The quantitative estimate of drug-likeness (QED) is 0.859. The van der Waals surface area contributed by atoms with Crippen LogP contribution in [0.5, 0.6) is 0 Å². The highest BCUT2D eigenvalue weighted by molar-refractivity contribution is 5.70. The first kappa shape index (κ1) is 15.6. The van der Waals surface area contributed by atoms with Crippen LogP contribution >= 0.6 is 0 Å². The van der Waals surface area contributed by atoms with Crippen LogP contribution in [0, 0.1) is 0 Å². The zero-order chi connectivity index (χ0) is 16.2. The molecule has 3 rings (SSSR count). The number of hydrogen-bond acceptors (Lipinski definition) is 4. The molecule has 0 saturated carbocycles. The van der Waals surface area contributed by atoms with Gasteiger partial charge in [-0.1, -0.05) is 30.3 Å². The highest BCUT2D eigenvalue weighted by Crippen LogP contribution is 2.22. The summed E-state index contributed by atoms with van der Waals surface area (Å²) in [5.74, 6) is 0. The van der Waals surface area contributed by atoms with E-state index in [2.05, 4.69) is 0 Å². The molecule has 2 amide bonds. The van der Waals surface area contributed by atoms with Gasteiger partial charge in [-0.15, -0.1) is 0 Å². The molecule has 1 aromatic carbocycles. The first-order valence-electron chi connectivity index (χ1n) is 8.06. The first-order valence-corrected chi connectivity index (χ1v) is 8.06. The van der Waals surface area contributed by atoms with Gasteiger partial charge < -0.3 is 19.3 Å². The summed E-state index contributed by atoms with van der Waals surface area (Å²) < 4.78 is 10.5. The summed E-state index contributed by atoms with van der Waals surface area (Å²) in [7, 11) is 0. The number of piperidine rings is 1. The molecule has 0 bridgehead atoms. The second kappa shape index (κ2) is 6.89. The molecule has 1 aromatic rings. The van der Waals surface area contributed by atoms with Gasteiger partial charge in [-0.3, -0.25) is 0 Å². The van der Waals surface area contributed by atoms with E-state index in [1.54, 1.807) is 9.80 Å². The number of nitrogens with zero attached hydrogens (tertiary/aromatic N) is 2. The van der Waals surface area contributed by atoms with E-state index in [0.717, 1.165) is 18.4 Å². The van der Waals surface area contributed by atoms with E-state index < -0.39 is 0 Å². The Balaban J connectivity index is 1.45. The molecule has 0 spiro atoms. The van der Waals surface area contributed by atoms with Crippen LogP contribution in [0.25, 0.3) is 0 Å². The van der Waals surface area contributed by atoms with Gasteiger partial charge in [0, 0.05) is 19.1 Å². The molecule has 0 unspecified atom stereocenters. The standard InChI is InChI=1S/C17H22N2O4/c1-13-11-19(17(21)23-13)15-7-9-18(10-8-15)16(20)22-12-14-5-3-2-4-6-14/h2-6,13,15H,7-12H2,1H3/t13-/m1/s1. The average Bonchev–Trinajstić information content (AvgIpc) is 2.92. The largest absolute Gasteiger partial charge is 0.445 e. The van der Waals surface area contributed by atoms with Gasteiger partial charge in [-0.2, -0.15) is 0 Å². The summed E-state index contributed by atoms with van der Waals surface area (Å²) in [6.07, 6.45) is 0.966. The second-order valence-electron chi connectivity index (χ2n) is 6.11. The number of hydrogen-bond donors (Lipinski definition) is 0. The lowest BCUT2D eigenvalue weighted by atomic mass is 10.0. The van der Waals surface area contributed by atoms with E-state index in [-0.39, 0.29) is 30.9 Å². The molecular formula is C17H22N2O4. The van der Waals surface area contributed by atoms with Crippen molar-refractivity contribution in [3.8, 4) is 0 Å². The van der Waals surface area contributed by atoms with Gasteiger partial charge in [0.2, 0.25) is 0 Å². The minimum absolute atomic E-state index is 0.0450. The third kappa shape index (κ3) is 3.75. The van der Waals surface area contributed by atoms with Gasteiger partial charge in [0.15, 0.2) is 0 Å². The third-order valence-corrected chi connectivity index (χ3v) is 4.36. The van der Waals surface area contributed by atoms with Crippen LogP contribution in [0.1, 0.15) is 25.3 Å². The molecule has 0 aromatic heterocycles. The topological polar surface area (TPSA) is 59.1 Å². The van der Waals surface area contributed by atoms with Crippen molar-refractivity contribution in [1.82, 2.24) is 9.80 Å². The molecule has 2 heterocycles. The number of rotatable bonds is 3. The van der Waals surface area contributed by atoms with Crippen LogP contribution < -0.4 is 0 Å². The second-order valence-corrected chi connectivity index (χ2v) is 6.11. The van der Waals surface area contributed by atoms with Gasteiger partial charge in [-0.25, -0.2) is 9.59 Å². The smallest absolute Gasteiger partial charge is 0.410 e. The number of ether oxygens (including phenoxy) is 2. The molecule has 23 heavy (non-hydrogen) atoms. The maximum Gasteiger partial charge on any atom is 0.410 e. The highest BCUT2D eigenvalue weighted by Gasteiger charge is 2.36. The summed E-state index contributed by atoms with van der Waals surface area (Å²) in [5, 5.41) is 0. The van der Waals surface area contributed by atoms with Gasteiger partial charge in [0.25, 0.3) is 0 Å². The fourth-order valence-corrected chi connectivity index (χ4v) is 3.10. The van der Waals surface area contributed by atoms with E-state index in [9.17, 15) is 9.59 Å². The molecule has 0 aliphatic carbocycles. The van der Waals surface area contributed by atoms with Crippen LogP contribution in [0.15, 0.2) is 30.3 Å². The molecule has 2 aliphatic rings. The summed E-state index contributed by atoms with van der Waals surface area (Å²) in [6, 6.07) is 9.79. The van der Waals surface area contributed by atoms with Crippen molar-refractivity contribution in [3.63, 3.8) is 0 Å². The normalized spacial score (nSPS) is 22.1. The number of benzene rings is 1. The van der Waals surface area contributed by atoms with Crippen LogP contribution in [0.3, 0.4) is 0 Å². The van der Waals surface area contributed by atoms with Crippen molar-refractivity contribution < 1.29 is 19.1 Å². The monoisotopic (exact) mass is 318 g/mol. The molecule has 0 N–H and O–H groups in total. The Kier molecular flexibility index (Phi) is 4.69. The molecule has 2 aliphatic heterocycles. The Bertz CT molecular complexity index is 555. The lowest BCUT2D eigenvalue weighted by molar-refractivity contribution is 0.0748. The van der Waals surface area contributed by atoms with Gasteiger partial charge in [0.05, 0.1) is 6.54 Å². The molecule has 2 fully saturated rings. The molecule has 124 valence electrons. The SMILES string of the molecule is C[C@@H]1CN(C2CCN(C(=O)OCc3ccccc3)CC2)C(=O)O1. The Morgan fingerprint density at radius 3 is 2.57 bits per heavy atom. The average molecular weight is 318 g/mol. The van der Waals surface area contributed by atoms with Crippen molar-refractivity contribution in [2.75, 3.05) is 19.6 Å². The van der Waals surface area contributed by atoms with Crippen molar-refractivity contribution >= 4 is 12.2 Å².